The molecule has 1 aliphatic heterocycles. The van der Waals surface area contributed by atoms with Crippen LogP contribution >= 0.6 is 11.6 Å². The van der Waals surface area contributed by atoms with E-state index in [-0.39, 0.29) is 23.4 Å². The number of benzene rings is 2. The topological polar surface area (TPSA) is 60.5 Å². The molecule has 2 aliphatic rings. The zero-order valence-corrected chi connectivity index (χ0v) is 23.7. The molecule has 6 nitrogen and oxygen atoms in total. The second-order valence-corrected chi connectivity index (χ2v) is 11.1. The van der Waals surface area contributed by atoms with Crippen LogP contribution in [0.5, 0.6) is 0 Å². The molecular formula is C31H31ClF3N5O. The van der Waals surface area contributed by atoms with Crippen LogP contribution in [0.3, 0.4) is 0 Å². The fourth-order valence-electron chi connectivity index (χ4n) is 4.58. The Morgan fingerprint density at radius 1 is 1.07 bits per heavy atom. The monoisotopic (exact) mass is 581 g/mol. The molecule has 214 valence electrons. The van der Waals surface area contributed by atoms with Gasteiger partial charge < -0.3 is 15.5 Å². The molecule has 2 N–H and O–H groups in total. The zero-order chi connectivity index (χ0) is 29.1. The first-order chi connectivity index (χ1) is 19.5. The molecule has 1 amide bonds. The first-order valence-corrected chi connectivity index (χ1v) is 13.9. The number of anilines is 2. The Kier molecular flexibility index (Phi) is 8.55. The summed E-state index contributed by atoms with van der Waals surface area (Å²) in [5, 5.41) is 6.37. The van der Waals surface area contributed by atoms with Crippen molar-refractivity contribution in [1.29, 1.82) is 0 Å². The maximum Gasteiger partial charge on any atom is 0.416 e. The van der Waals surface area contributed by atoms with Gasteiger partial charge in [0.25, 0.3) is 5.91 Å². The van der Waals surface area contributed by atoms with Crippen molar-refractivity contribution in [3.05, 3.63) is 87.1 Å². The van der Waals surface area contributed by atoms with Gasteiger partial charge in [0.05, 0.1) is 10.6 Å². The van der Waals surface area contributed by atoms with Crippen LogP contribution in [-0.4, -0.2) is 60.0 Å². The lowest BCUT2D eigenvalue weighted by molar-refractivity contribution is -0.138. The van der Waals surface area contributed by atoms with Gasteiger partial charge in [0.15, 0.2) is 0 Å². The Bertz CT molecular complexity index is 1500. The van der Waals surface area contributed by atoms with Crippen molar-refractivity contribution in [3.8, 4) is 11.8 Å². The molecule has 1 saturated carbocycles. The second kappa shape index (κ2) is 12.1. The highest BCUT2D eigenvalue weighted by atomic mass is 35.5. The highest BCUT2D eigenvalue weighted by Gasteiger charge is 2.34. The van der Waals surface area contributed by atoms with Gasteiger partial charge in [0.2, 0.25) is 0 Å². The van der Waals surface area contributed by atoms with E-state index in [2.05, 4.69) is 32.4 Å². The number of rotatable bonds is 6. The number of aromatic nitrogens is 1. The number of pyridine rings is 1. The number of nitrogens with zero attached hydrogens (tertiary/aromatic N) is 3. The van der Waals surface area contributed by atoms with E-state index in [1.807, 2.05) is 18.9 Å². The summed E-state index contributed by atoms with van der Waals surface area (Å²) in [6.45, 7) is 5.11. The van der Waals surface area contributed by atoms with Gasteiger partial charge in [0.1, 0.15) is 5.82 Å². The van der Waals surface area contributed by atoms with Crippen LogP contribution in [0.15, 0.2) is 48.7 Å². The molecule has 5 rings (SSSR count). The van der Waals surface area contributed by atoms with Gasteiger partial charge in [-0.15, -0.1) is 0 Å². The summed E-state index contributed by atoms with van der Waals surface area (Å²) < 4.78 is 41.9. The molecule has 0 radical (unpaired) electrons. The van der Waals surface area contributed by atoms with Gasteiger partial charge in [0, 0.05) is 67.3 Å². The fraction of sp³-hybridized carbons (Fsp3) is 0.355. The highest BCUT2D eigenvalue weighted by Crippen LogP contribution is 2.35. The zero-order valence-electron chi connectivity index (χ0n) is 22.9. The summed E-state index contributed by atoms with van der Waals surface area (Å²) in [6.07, 6.45) is -0.691. The summed E-state index contributed by atoms with van der Waals surface area (Å²) in [5.41, 5.74) is 1.92. The third-order valence-electron chi connectivity index (χ3n) is 7.26. The predicted octanol–water partition coefficient (Wildman–Crippen LogP) is 6.04. The van der Waals surface area contributed by atoms with E-state index in [0.717, 1.165) is 37.6 Å². The van der Waals surface area contributed by atoms with Crippen molar-refractivity contribution in [1.82, 2.24) is 14.8 Å². The van der Waals surface area contributed by atoms with Gasteiger partial charge in [-0.25, -0.2) is 4.98 Å². The van der Waals surface area contributed by atoms with Crippen LogP contribution in [0.25, 0.3) is 0 Å². The average Bonchev–Trinajstić information content (AvgIpc) is 3.75. The minimum absolute atomic E-state index is 0.0817. The van der Waals surface area contributed by atoms with Crippen molar-refractivity contribution in [3.63, 3.8) is 0 Å². The standard InChI is InChI=1S/C31H31ClF3N5O/c1-20-3-5-23(16-22(20)6-4-21-15-28(32)29(36-18-21)37-25-9-10-25)30(41)38-26-8-7-24(27(17-26)31(33,34)35)19-40-13-11-39(2)12-14-40/h3,5,7-8,15-18,25H,9-14,19H2,1-2H3,(H,36,37)(H,38,41). The summed E-state index contributed by atoms with van der Waals surface area (Å²) in [6, 6.07) is 11.2. The van der Waals surface area contributed by atoms with Gasteiger partial charge in [-0.3, -0.25) is 9.69 Å². The third-order valence-corrected chi connectivity index (χ3v) is 7.55. The number of carbonyl (C=O) groups is 1. The van der Waals surface area contributed by atoms with Gasteiger partial charge in [-0.2, -0.15) is 13.2 Å². The molecular weight excluding hydrogens is 551 g/mol. The van der Waals surface area contributed by atoms with Gasteiger partial charge >= 0.3 is 6.18 Å². The SMILES string of the molecule is Cc1ccc(C(=O)Nc2ccc(CN3CCN(C)CC3)c(C(F)(F)F)c2)cc1C#Cc1cnc(NC2CC2)c(Cl)c1. The van der Waals surface area contributed by atoms with Crippen molar-refractivity contribution in [2.45, 2.75) is 38.5 Å². The molecule has 0 spiro atoms. The van der Waals surface area contributed by atoms with E-state index in [1.165, 1.54) is 12.1 Å². The van der Waals surface area contributed by atoms with E-state index in [1.54, 1.807) is 30.5 Å². The molecule has 0 unspecified atom stereocenters. The van der Waals surface area contributed by atoms with Crippen LogP contribution in [0, 0.1) is 18.8 Å². The lowest BCUT2D eigenvalue weighted by Gasteiger charge is -2.33. The Hall–Kier alpha value is -3.58. The number of aryl methyl sites for hydroxylation is 1. The van der Waals surface area contributed by atoms with E-state index in [4.69, 9.17) is 11.6 Å². The number of carbonyl (C=O) groups excluding carboxylic acids is 1. The molecule has 1 aliphatic carbocycles. The number of amides is 1. The Morgan fingerprint density at radius 2 is 1.83 bits per heavy atom. The number of nitrogens with one attached hydrogen (secondary N) is 2. The minimum atomic E-state index is -4.54. The van der Waals surface area contributed by atoms with Crippen molar-refractivity contribution < 1.29 is 18.0 Å². The number of halogens is 4. The third kappa shape index (κ3) is 7.59. The van der Waals surface area contributed by atoms with E-state index < -0.39 is 17.6 Å². The van der Waals surface area contributed by atoms with Crippen LogP contribution in [0.1, 0.15) is 51.0 Å². The maximum absolute atomic E-state index is 14.0. The first-order valence-electron chi connectivity index (χ1n) is 13.5. The number of hydrogen-bond acceptors (Lipinski definition) is 5. The van der Waals surface area contributed by atoms with E-state index in [9.17, 15) is 18.0 Å². The average molecular weight is 582 g/mol. The summed E-state index contributed by atoms with van der Waals surface area (Å²) >= 11 is 6.34. The number of hydrogen-bond donors (Lipinski definition) is 2. The molecule has 3 aromatic rings. The first kappa shape index (κ1) is 28.9. The Balaban J connectivity index is 1.30. The van der Waals surface area contributed by atoms with E-state index in [0.29, 0.717) is 41.1 Å². The quantitative estimate of drug-likeness (QED) is 0.348. The smallest absolute Gasteiger partial charge is 0.366 e. The maximum atomic E-state index is 14.0. The largest absolute Gasteiger partial charge is 0.416 e. The highest BCUT2D eigenvalue weighted by molar-refractivity contribution is 6.33. The lowest BCUT2D eigenvalue weighted by atomic mass is 10.0. The van der Waals surface area contributed by atoms with Crippen LogP contribution in [-0.2, 0) is 12.7 Å². The van der Waals surface area contributed by atoms with Crippen LogP contribution in [0.2, 0.25) is 5.02 Å². The number of likely N-dealkylation sites (N-methyl/N-ethyl adjacent to an activating group) is 1. The molecule has 2 fully saturated rings. The number of piperazine rings is 1. The van der Waals surface area contributed by atoms with E-state index >= 15 is 0 Å². The molecule has 0 atom stereocenters. The molecule has 10 heteroatoms. The normalized spacial score (nSPS) is 16.1. The fourth-order valence-corrected chi connectivity index (χ4v) is 4.80. The Morgan fingerprint density at radius 3 is 2.51 bits per heavy atom. The van der Waals surface area contributed by atoms with Crippen LogP contribution < -0.4 is 10.6 Å². The molecule has 41 heavy (non-hydrogen) atoms. The molecule has 1 aromatic heterocycles. The predicted molar refractivity (Wildman–Crippen MR) is 155 cm³/mol. The summed E-state index contributed by atoms with van der Waals surface area (Å²) in [5.74, 6) is 6.21. The molecule has 1 saturated heterocycles. The van der Waals surface area contributed by atoms with Crippen molar-refractivity contribution in [2.24, 2.45) is 0 Å². The van der Waals surface area contributed by atoms with Crippen molar-refractivity contribution >= 4 is 29.0 Å². The summed E-state index contributed by atoms with van der Waals surface area (Å²) in [7, 11) is 2.00. The van der Waals surface area contributed by atoms with Crippen LogP contribution in [0.4, 0.5) is 24.7 Å². The minimum Gasteiger partial charge on any atom is -0.366 e. The van der Waals surface area contributed by atoms with Crippen molar-refractivity contribution in [2.75, 3.05) is 43.9 Å². The molecule has 2 aromatic carbocycles. The van der Waals surface area contributed by atoms with Gasteiger partial charge in [-0.1, -0.05) is 35.6 Å². The lowest BCUT2D eigenvalue weighted by Crippen LogP contribution is -2.44. The van der Waals surface area contributed by atoms with Gasteiger partial charge in [-0.05, 0) is 68.3 Å². The Labute approximate surface area is 242 Å². The summed E-state index contributed by atoms with van der Waals surface area (Å²) in [4.78, 5) is 21.6. The second-order valence-electron chi connectivity index (χ2n) is 10.7. The molecule has 2 heterocycles. The number of alkyl halides is 3. The molecule has 0 bridgehead atoms.